The molecule has 1 saturated heterocycles. The van der Waals surface area contributed by atoms with Crippen molar-refractivity contribution in [3.05, 3.63) is 0 Å². The van der Waals surface area contributed by atoms with Gasteiger partial charge in [0.2, 0.25) is 11.8 Å². The summed E-state index contributed by atoms with van der Waals surface area (Å²) in [6, 6.07) is -0.252. The standard InChI is InChI=1S/C18H30BNO3S/c1-7-18(19,8-2)24-13-11-15(22)20(16(13)23)12(3)9-10-14(21)17(4,5)6/h12-13H,7-11H2,1-6H3. The van der Waals surface area contributed by atoms with E-state index in [2.05, 4.69) is 0 Å². The zero-order valence-corrected chi connectivity index (χ0v) is 16.7. The SMILES string of the molecule is [B]C(CC)(CC)SC1CC(=O)N(C(C)CCC(=O)C(C)(C)C)C1=O. The number of carbonyl (C=O) groups is 3. The fraction of sp³-hybridized carbons (Fsp3) is 0.833. The van der Waals surface area contributed by atoms with Crippen molar-refractivity contribution in [2.45, 2.75) is 89.6 Å². The fourth-order valence-electron chi connectivity index (χ4n) is 2.72. The second-order valence-corrected chi connectivity index (χ2v) is 9.36. The molecular weight excluding hydrogens is 321 g/mol. The zero-order chi connectivity index (χ0) is 18.7. The number of rotatable bonds is 8. The molecule has 2 amide bonds. The smallest absolute Gasteiger partial charge is 0.243 e. The Morgan fingerprint density at radius 2 is 1.83 bits per heavy atom. The third kappa shape index (κ3) is 5.11. The van der Waals surface area contributed by atoms with Gasteiger partial charge in [0.05, 0.1) is 13.1 Å². The largest absolute Gasteiger partial charge is 0.299 e. The van der Waals surface area contributed by atoms with Gasteiger partial charge in [0, 0.05) is 24.3 Å². The van der Waals surface area contributed by atoms with Crippen molar-refractivity contribution >= 4 is 37.2 Å². The number of nitrogens with zero attached hydrogens (tertiary/aromatic N) is 1. The molecule has 1 aliphatic rings. The lowest BCUT2D eigenvalue weighted by Crippen LogP contribution is -2.40. The molecule has 2 unspecified atom stereocenters. The van der Waals surface area contributed by atoms with Crippen molar-refractivity contribution in [3.63, 3.8) is 0 Å². The van der Waals surface area contributed by atoms with E-state index in [-0.39, 0.29) is 30.1 Å². The normalized spacial score (nSPS) is 20.6. The number of Topliss-reactive ketones (excluding diaryl/α,β-unsaturated/α-hetero) is 1. The Morgan fingerprint density at radius 1 is 1.29 bits per heavy atom. The van der Waals surface area contributed by atoms with E-state index < -0.39 is 15.3 Å². The molecule has 6 heteroatoms. The van der Waals surface area contributed by atoms with Crippen LogP contribution in [0, 0.1) is 5.41 Å². The molecule has 24 heavy (non-hydrogen) atoms. The number of ketones is 1. The van der Waals surface area contributed by atoms with Crippen LogP contribution in [0.5, 0.6) is 0 Å². The van der Waals surface area contributed by atoms with E-state index in [1.165, 1.54) is 16.7 Å². The summed E-state index contributed by atoms with van der Waals surface area (Å²) >= 11 is 1.42. The summed E-state index contributed by atoms with van der Waals surface area (Å²) in [6.07, 6.45) is 2.61. The molecule has 4 nitrogen and oxygen atoms in total. The average Bonchev–Trinajstić information content (AvgIpc) is 2.77. The van der Waals surface area contributed by atoms with Crippen LogP contribution in [-0.2, 0) is 14.4 Å². The molecule has 0 N–H and O–H groups in total. The number of hydrogen-bond acceptors (Lipinski definition) is 4. The van der Waals surface area contributed by atoms with E-state index in [1.54, 1.807) is 0 Å². The zero-order valence-electron chi connectivity index (χ0n) is 15.8. The van der Waals surface area contributed by atoms with Gasteiger partial charge in [-0.05, 0) is 30.8 Å². The van der Waals surface area contributed by atoms with Gasteiger partial charge in [0.15, 0.2) is 0 Å². The molecule has 1 fully saturated rings. The first kappa shape index (κ1) is 21.3. The minimum absolute atomic E-state index is 0.150. The molecule has 0 aromatic carbocycles. The van der Waals surface area contributed by atoms with E-state index in [0.717, 1.165) is 12.8 Å². The highest BCUT2D eigenvalue weighted by Crippen LogP contribution is 2.38. The van der Waals surface area contributed by atoms with E-state index in [1.807, 2.05) is 41.5 Å². The van der Waals surface area contributed by atoms with Gasteiger partial charge in [-0.25, -0.2) is 0 Å². The molecule has 134 valence electrons. The lowest BCUT2D eigenvalue weighted by atomic mass is 9.81. The average molecular weight is 351 g/mol. The Morgan fingerprint density at radius 3 is 2.29 bits per heavy atom. The molecule has 0 aliphatic carbocycles. The third-order valence-electron chi connectivity index (χ3n) is 4.78. The van der Waals surface area contributed by atoms with E-state index in [4.69, 9.17) is 7.85 Å². The Hall–Kier alpha value is -0.775. The molecule has 2 radical (unpaired) electrons. The van der Waals surface area contributed by atoms with Crippen molar-refractivity contribution in [2.75, 3.05) is 0 Å². The maximum atomic E-state index is 12.7. The van der Waals surface area contributed by atoms with Gasteiger partial charge in [0.25, 0.3) is 0 Å². The number of thioether (sulfide) groups is 1. The summed E-state index contributed by atoms with van der Waals surface area (Å²) in [6.45, 7) is 11.5. The summed E-state index contributed by atoms with van der Waals surface area (Å²) in [7, 11) is 6.29. The predicted octanol–water partition coefficient (Wildman–Crippen LogP) is 3.32. The van der Waals surface area contributed by atoms with Crippen molar-refractivity contribution < 1.29 is 14.4 Å². The number of likely N-dealkylation sites (tertiary alicyclic amines) is 1. The minimum Gasteiger partial charge on any atom is -0.299 e. The Labute approximate surface area is 151 Å². The van der Waals surface area contributed by atoms with Gasteiger partial charge in [-0.1, -0.05) is 34.6 Å². The van der Waals surface area contributed by atoms with Crippen molar-refractivity contribution in [1.82, 2.24) is 4.90 Å². The molecule has 0 bridgehead atoms. The molecule has 1 rings (SSSR count). The first-order valence-electron chi connectivity index (χ1n) is 8.81. The Balaban J connectivity index is 2.71. The van der Waals surface area contributed by atoms with Crippen molar-refractivity contribution in [3.8, 4) is 0 Å². The maximum absolute atomic E-state index is 12.7. The van der Waals surface area contributed by atoms with Gasteiger partial charge in [-0.15, -0.1) is 0 Å². The monoisotopic (exact) mass is 351 g/mol. The summed E-state index contributed by atoms with van der Waals surface area (Å²) in [5, 5.41) is -0.400. The summed E-state index contributed by atoms with van der Waals surface area (Å²) in [5.41, 5.74) is -0.390. The first-order valence-corrected chi connectivity index (χ1v) is 9.69. The summed E-state index contributed by atoms with van der Waals surface area (Å²) < 4.78 is -0.470. The van der Waals surface area contributed by atoms with E-state index in [0.29, 0.717) is 12.8 Å². The van der Waals surface area contributed by atoms with Crippen LogP contribution in [-0.4, -0.2) is 46.3 Å². The van der Waals surface area contributed by atoms with Gasteiger partial charge >= 0.3 is 0 Å². The molecular formula is C18H30BNO3S. The quantitative estimate of drug-likeness (QED) is 0.497. The Kier molecular flexibility index (Phi) is 7.15. The van der Waals surface area contributed by atoms with Gasteiger partial charge in [0.1, 0.15) is 5.78 Å². The minimum atomic E-state index is -0.470. The van der Waals surface area contributed by atoms with Crippen LogP contribution in [0.15, 0.2) is 0 Å². The number of hydrogen-bond donors (Lipinski definition) is 0. The molecule has 0 saturated carbocycles. The van der Waals surface area contributed by atoms with Crippen LogP contribution in [0.4, 0.5) is 0 Å². The predicted molar refractivity (Wildman–Crippen MR) is 100 cm³/mol. The molecule has 1 aliphatic heterocycles. The number of imide groups is 1. The van der Waals surface area contributed by atoms with Crippen LogP contribution in [0.25, 0.3) is 0 Å². The molecule has 0 aromatic heterocycles. The fourth-order valence-corrected chi connectivity index (χ4v) is 4.06. The van der Waals surface area contributed by atoms with Gasteiger partial charge < -0.3 is 0 Å². The number of amides is 2. The van der Waals surface area contributed by atoms with Crippen LogP contribution >= 0.6 is 11.8 Å². The highest BCUT2D eigenvalue weighted by Gasteiger charge is 2.43. The molecule has 1 heterocycles. The van der Waals surface area contributed by atoms with Crippen LogP contribution in [0.3, 0.4) is 0 Å². The second kappa shape index (κ2) is 8.07. The highest BCUT2D eigenvalue weighted by atomic mass is 32.2. The van der Waals surface area contributed by atoms with E-state index >= 15 is 0 Å². The lowest BCUT2D eigenvalue weighted by Gasteiger charge is -2.29. The lowest BCUT2D eigenvalue weighted by molar-refractivity contribution is -0.141. The van der Waals surface area contributed by atoms with Crippen LogP contribution in [0.2, 0.25) is 0 Å². The Bertz CT molecular complexity index is 497. The summed E-state index contributed by atoms with van der Waals surface area (Å²) in [4.78, 5) is 38.4. The third-order valence-corrected chi connectivity index (χ3v) is 6.48. The highest BCUT2D eigenvalue weighted by molar-refractivity contribution is 8.03. The first-order chi connectivity index (χ1) is 10.9. The van der Waals surface area contributed by atoms with Crippen molar-refractivity contribution in [2.24, 2.45) is 5.41 Å². The number of carbonyl (C=O) groups excluding carboxylic acids is 3. The van der Waals surface area contributed by atoms with E-state index in [9.17, 15) is 14.4 Å². The summed E-state index contributed by atoms with van der Waals surface area (Å²) in [5.74, 6) is -0.155. The van der Waals surface area contributed by atoms with Crippen LogP contribution < -0.4 is 0 Å². The van der Waals surface area contributed by atoms with Gasteiger partial charge in [-0.2, -0.15) is 11.8 Å². The topological polar surface area (TPSA) is 54.5 Å². The second-order valence-electron chi connectivity index (χ2n) is 7.75. The molecule has 0 aromatic rings. The van der Waals surface area contributed by atoms with Gasteiger partial charge in [-0.3, -0.25) is 19.3 Å². The molecule has 0 spiro atoms. The van der Waals surface area contributed by atoms with Crippen LogP contribution in [0.1, 0.15) is 73.6 Å². The molecule has 2 atom stereocenters. The maximum Gasteiger partial charge on any atom is 0.243 e. The van der Waals surface area contributed by atoms with Crippen molar-refractivity contribution in [1.29, 1.82) is 0 Å².